The summed E-state index contributed by atoms with van der Waals surface area (Å²) in [7, 11) is 0. The fraction of sp³-hybridized carbons (Fsp3) is 0.100. The van der Waals surface area contributed by atoms with Crippen LogP contribution in [0.15, 0.2) is 53.9 Å². The van der Waals surface area contributed by atoms with E-state index >= 15 is 0 Å². The Labute approximate surface area is 159 Å². The van der Waals surface area contributed by atoms with Crippen LogP contribution in [0.2, 0.25) is 0 Å². The molecule has 0 bridgehead atoms. The maximum Gasteiger partial charge on any atom is 0.256 e. The molecule has 6 nitrogen and oxygen atoms in total. The van der Waals surface area contributed by atoms with Gasteiger partial charge in [-0.1, -0.05) is 0 Å². The van der Waals surface area contributed by atoms with Crippen molar-refractivity contribution in [1.82, 2.24) is 0 Å². The highest BCUT2D eigenvalue weighted by molar-refractivity contribution is 7.12. The normalized spacial score (nSPS) is 11.9. The van der Waals surface area contributed by atoms with E-state index in [1.165, 1.54) is 18.3 Å². The second-order valence-corrected chi connectivity index (χ2v) is 6.76. The molecule has 7 heteroatoms. The number of ether oxygens (including phenoxy) is 3. The van der Waals surface area contributed by atoms with Crippen LogP contribution in [-0.2, 0) is 0 Å². The number of thiophene rings is 1. The van der Waals surface area contributed by atoms with E-state index < -0.39 is 0 Å². The molecule has 0 spiro atoms. The first-order valence-electron chi connectivity index (χ1n) is 8.17. The van der Waals surface area contributed by atoms with Gasteiger partial charge in [0.25, 0.3) is 5.91 Å². The molecule has 4 rings (SSSR count). The average molecular weight is 381 g/mol. The molecule has 0 atom stereocenters. The van der Waals surface area contributed by atoms with Crippen molar-refractivity contribution in [1.29, 1.82) is 0 Å². The molecule has 0 radical (unpaired) electrons. The summed E-state index contributed by atoms with van der Waals surface area (Å²) in [6.07, 6.45) is 0. The van der Waals surface area contributed by atoms with Crippen molar-refractivity contribution in [3.05, 3.63) is 64.4 Å². The van der Waals surface area contributed by atoms with Crippen molar-refractivity contribution in [2.24, 2.45) is 0 Å². The van der Waals surface area contributed by atoms with Gasteiger partial charge >= 0.3 is 0 Å². The van der Waals surface area contributed by atoms with Gasteiger partial charge in [-0.2, -0.15) is 0 Å². The third-order valence-corrected chi connectivity index (χ3v) is 4.93. The SMILES string of the molecule is CC(=O)c1cc(C(=O)Nc2ccc(Oc3ccc4c(c3)OCO4)cc2)cs1. The summed E-state index contributed by atoms with van der Waals surface area (Å²) in [6.45, 7) is 1.69. The molecule has 1 N–H and O–H groups in total. The summed E-state index contributed by atoms with van der Waals surface area (Å²) >= 11 is 1.26. The largest absolute Gasteiger partial charge is 0.457 e. The van der Waals surface area contributed by atoms with Gasteiger partial charge in [-0.15, -0.1) is 11.3 Å². The minimum Gasteiger partial charge on any atom is -0.457 e. The van der Waals surface area contributed by atoms with Gasteiger partial charge in [-0.3, -0.25) is 9.59 Å². The molecule has 0 saturated heterocycles. The van der Waals surface area contributed by atoms with Gasteiger partial charge in [0, 0.05) is 17.1 Å². The first-order valence-corrected chi connectivity index (χ1v) is 9.05. The summed E-state index contributed by atoms with van der Waals surface area (Å²) < 4.78 is 16.4. The van der Waals surface area contributed by atoms with Gasteiger partial charge in [0.2, 0.25) is 6.79 Å². The standard InChI is InChI=1S/C20H15NO5S/c1-12(22)19-8-13(10-27-19)20(23)21-14-2-4-15(5-3-14)26-16-6-7-17-18(9-16)25-11-24-17/h2-10H,11H2,1H3,(H,21,23). The Bertz CT molecular complexity index is 1010. The van der Waals surface area contributed by atoms with Crippen LogP contribution in [-0.4, -0.2) is 18.5 Å². The predicted molar refractivity (Wildman–Crippen MR) is 101 cm³/mol. The Hall–Kier alpha value is -3.32. The maximum absolute atomic E-state index is 12.3. The van der Waals surface area contributed by atoms with Gasteiger partial charge in [0.05, 0.1) is 10.4 Å². The number of ketones is 1. The molecule has 0 fully saturated rings. The molecular formula is C20H15NO5S. The first-order chi connectivity index (χ1) is 13.1. The topological polar surface area (TPSA) is 73.9 Å². The van der Waals surface area contributed by atoms with Crippen molar-refractivity contribution in [3.63, 3.8) is 0 Å². The second kappa shape index (κ2) is 7.13. The Kier molecular flexibility index (Phi) is 4.52. The summed E-state index contributed by atoms with van der Waals surface area (Å²) in [5, 5.41) is 4.47. The van der Waals surface area contributed by atoms with Crippen molar-refractivity contribution in [2.75, 3.05) is 12.1 Å². The minimum atomic E-state index is -0.261. The van der Waals surface area contributed by atoms with Crippen LogP contribution in [0.25, 0.3) is 0 Å². The van der Waals surface area contributed by atoms with E-state index in [1.807, 2.05) is 0 Å². The number of Topliss-reactive ketones (excluding diaryl/α,β-unsaturated/α-hetero) is 1. The molecule has 27 heavy (non-hydrogen) atoms. The number of amides is 1. The molecule has 1 aromatic heterocycles. The maximum atomic E-state index is 12.3. The molecule has 1 aliphatic rings. The van der Waals surface area contributed by atoms with Crippen LogP contribution in [0.1, 0.15) is 27.0 Å². The lowest BCUT2D eigenvalue weighted by Crippen LogP contribution is -2.10. The molecule has 136 valence electrons. The number of hydrogen-bond acceptors (Lipinski definition) is 6. The number of hydrogen-bond donors (Lipinski definition) is 1. The van der Waals surface area contributed by atoms with E-state index in [0.29, 0.717) is 39.1 Å². The van der Waals surface area contributed by atoms with Gasteiger partial charge < -0.3 is 19.5 Å². The van der Waals surface area contributed by atoms with Crippen LogP contribution >= 0.6 is 11.3 Å². The zero-order valence-electron chi connectivity index (χ0n) is 14.4. The van der Waals surface area contributed by atoms with Crippen LogP contribution in [0, 0.1) is 0 Å². The van der Waals surface area contributed by atoms with Crippen LogP contribution in [0.5, 0.6) is 23.0 Å². The molecule has 0 unspecified atom stereocenters. The Morgan fingerprint density at radius 1 is 1.00 bits per heavy atom. The zero-order chi connectivity index (χ0) is 18.8. The molecule has 0 aliphatic carbocycles. The van der Waals surface area contributed by atoms with Crippen LogP contribution in [0.4, 0.5) is 5.69 Å². The number of rotatable bonds is 5. The molecule has 1 amide bonds. The van der Waals surface area contributed by atoms with Gasteiger partial charge in [0.15, 0.2) is 17.3 Å². The quantitative estimate of drug-likeness (QED) is 0.647. The average Bonchev–Trinajstić information content (AvgIpc) is 3.32. The summed E-state index contributed by atoms with van der Waals surface area (Å²) in [5.41, 5.74) is 1.10. The highest BCUT2D eigenvalue weighted by atomic mass is 32.1. The van der Waals surface area contributed by atoms with Crippen molar-refractivity contribution in [3.8, 4) is 23.0 Å². The number of carbonyl (C=O) groups is 2. The minimum absolute atomic E-state index is 0.0518. The smallest absolute Gasteiger partial charge is 0.256 e. The van der Waals surface area contributed by atoms with Crippen LogP contribution < -0.4 is 19.5 Å². The number of carbonyl (C=O) groups excluding carboxylic acids is 2. The highest BCUT2D eigenvalue weighted by Crippen LogP contribution is 2.36. The molecule has 0 saturated carbocycles. The Morgan fingerprint density at radius 2 is 1.74 bits per heavy atom. The monoisotopic (exact) mass is 381 g/mol. The summed E-state index contributed by atoms with van der Waals surface area (Å²) in [6, 6.07) is 14.0. The number of fused-ring (bicyclic) bond motifs is 1. The number of benzene rings is 2. The highest BCUT2D eigenvalue weighted by Gasteiger charge is 2.14. The molecular weight excluding hydrogens is 366 g/mol. The first kappa shape index (κ1) is 17.1. The van der Waals surface area contributed by atoms with Gasteiger partial charge in [0.1, 0.15) is 11.5 Å². The number of nitrogens with one attached hydrogen (secondary N) is 1. The predicted octanol–water partition coefficient (Wildman–Crippen LogP) is 4.72. The molecule has 2 heterocycles. The van der Waals surface area contributed by atoms with Crippen molar-refractivity contribution in [2.45, 2.75) is 6.92 Å². The van der Waals surface area contributed by atoms with Crippen LogP contribution in [0.3, 0.4) is 0 Å². The Balaban J connectivity index is 1.41. The van der Waals surface area contributed by atoms with E-state index in [2.05, 4.69) is 5.32 Å². The Morgan fingerprint density at radius 3 is 2.48 bits per heavy atom. The van der Waals surface area contributed by atoms with Gasteiger partial charge in [-0.25, -0.2) is 0 Å². The fourth-order valence-electron chi connectivity index (χ4n) is 2.53. The van der Waals surface area contributed by atoms with Gasteiger partial charge in [-0.05, 0) is 49.4 Å². The number of anilines is 1. The third-order valence-electron chi connectivity index (χ3n) is 3.90. The summed E-state index contributed by atoms with van der Waals surface area (Å²) in [5.74, 6) is 2.29. The lowest BCUT2D eigenvalue weighted by Gasteiger charge is -2.08. The fourth-order valence-corrected chi connectivity index (χ4v) is 3.32. The molecule has 3 aromatic rings. The van der Waals surface area contributed by atoms with Crippen molar-refractivity contribution < 1.29 is 23.8 Å². The second-order valence-electron chi connectivity index (χ2n) is 5.85. The van der Waals surface area contributed by atoms with E-state index in [9.17, 15) is 9.59 Å². The summed E-state index contributed by atoms with van der Waals surface area (Å²) in [4.78, 5) is 24.2. The van der Waals surface area contributed by atoms with E-state index in [1.54, 1.807) is 53.9 Å². The van der Waals surface area contributed by atoms with Crippen molar-refractivity contribution >= 4 is 28.7 Å². The lowest BCUT2D eigenvalue weighted by molar-refractivity contribution is 0.102. The third kappa shape index (κ3) is 3.78. The molecule has 1 aliphatic heterocycles. The zero-order valence-corrected chi connectivity index (χ0v) is 15.2. The van der Waals surface area contributed by atoms with E-state index in [0.717, 1.165) is 0 Å². The lowest BCUT2D eigenvalue weighted by atomic mass is 10.2. The van der Waals surface area contributed by atoms with E-state index in [-0.39, 0.29) is 18.5 Å². The molecule has 2 aromatic carbocycles. The van der Waals surface area contributed by atoms with E-state index in [4.69, 9.17) is 14.2 Å².